The number of fused-ring (bicyclic) bond motifs is 2. The van der Waals surface area contributed by atoms with Crippen LogP contribution in [0, 0.1) is 17.6 Å². The molecule has 0 unspecified atom stereocenters. The molecule has 1 aliphatic heterocycles. The molecule has 0 saturated heterocycles. The summed E-state index contributed by atoms with van der Waals surface area (Å²) in [6.07, 6.45) is 4.83. The number of anilines is 1. The lowest BCUT2D eigenvalue weighted by Gasteiger charge is -2.29. The van der Waals surface area contributed by atoms with Gasteiger partial charge < -0.3 is 4.42 Å². The van der Waals surface area contributed by atoms with Gasteiger partial charge in [0.2, 0.25) is 5.13 Å². The van der Waals surface area contributed by atoms with E-state index in [9.17, 15) is 13.6 Å². The average molecular weight is 552 g/mol. The van der Waals surface area contributed by atoms with Gasteiger partial charge in [-0.2, -0.15) is 5.10 Å². The number of rotatable bonds is 4. The summed E-state index contributed by atoms with van der Waals surface area (Å²) in [6.45, 7) is 0. The lowest BCUT2D eigenvalue weighted by atomic mass is 9.77. The van der Waals surface area contributed by atoms with Crippen LogP contribution >= 0.6 is 11.3 Å². The zero-order valence-corrected chi connectivity index (χ0v) is 22.1. The van der Waals surface area contributed by atoms with E-state index in [1.54, 1.807) is 36.4 Å². The fourth-order valence-corrected chi connectivity index (χ4v) is 6.46. The predicted octanol–water partition coefficient (Wildman–Crippen LogP) is 8.00. The molecule has 2 atom stereocenters. The number of hydrogen-bond acceptors (Lipinski definition) is 6. The van der Waals surface area contributed by atoms with E-state index in [0.717, 1.165) is 47.1 Å². The standard InChI is InChI=1S/C32H23F2N3O2S/c33-23-12-8-19(9-13-23)16-22-5-3-6-25-29(22)36-37(30(25)20-10-14-24(34)15-11-20)32-35-27(18-40-32)26-17-21-4-1-2-7-28(21)39-31(26)38/h1-2,4,7-18,25,30H,3,5-6H2/b22-16-/t25-,30+/m0/s1. The van der Waals surface area contributed by atoms with Crippen LogP contribution in [-0.2, 0) is 0 Å². The second-order valence-electron chi connectivity index (χ2n) is 10.0. The van der Waals surface area contributed by atoms with Gasteiger partial charge in [-0.25, -0.2) is 23.6 Å². The smallest absolute Gasteiger partial charge is 0.345 e. The molecular formula is C32H23F2N3O2S. The highest BCUT2D eigenvalue weighted by Crippen LogP contribution is 2.47. The summed E-state index contributed by atoms with van der Waals surface area (Å²) in [6, 6.07) is 22.0. The topological polar surface area (TPSA) is 58.7 Å². The number of benzene rings is 3. The Morgan fingerprint density at radius 3 is 2.52 bits per heavy atom. The van der Waals surface area contributed by atoms with Gasteiger partial charge >= 0.3 is 5.63 Å². The highest BCUT2D eigenvalue weighted by Gasteiger charge is 2.43. The molecule has 5 nitrogen and oxygen atoms in total. The first-order chi connectivity index (χ1) is 19.5. The maximum atomic E-state index is 13.9. The van der Waals surface area contributed by atoms with Gasteiger partial charge in [0.25, 0.3) is 0 Å². The summed E-state index contributed by atoms with van der Waals surface area (Å²) in [4.78, 5) is 17.7. The minimum absolute atomic E-state index is 0.0731. The van der Waals surface area contributed by atoms with Crippen LogP contribution in [0.4, 0.5) is 13.9 Å². The molecule has 0 amide bonds. The van der Waals surface area contributed by atoms with Gasteiger partial charge in [-0.05, 0) is 78.4 Å². The Labute approximate surface area is 232 Å². The maximum absolute atomic E-state index is 13.9. The number of halogens is 2. The fraction of sp³-hybridized carbons (Fsp3) is 0.156. The molecule has 1 saturated carbocycles. The Balaban J connectivity index is 1.31. The van der Waals surface area contributed by atoms with Crippen LogP contribution in [-0.4, -0.2) is 10.7 Å². The lowest BCUT2D eigenvalue weighted by molar-refractivity contribution is 0.486. The van der Waals surface area contributed by atoms with Gasteiger partial charge in [0, 0.05) is 16.7 Å². The van der Waals surface area contributed by atoms with E-state index in [0.29, 0.717) is 22.0 Å². The van der Waals surface area contributed by atoms with E-state index in [1.165, 1.54) is 35.6 Å². The second kappa shape index (κ2) is 9.95. The number of hydrazone groups is 1. The summed E-state index contributed by atoms with van der Waals surface area (Å²) in [7, 11) is 0. The molecule has 0 radical (unpaired) electrons. The molecule has 7 rings (SSSR count). The molecule has 8 heteroatoms. The number of allylic oxidation sites excluding steroid dienone is 1. The van der Waals surface area contributed by atoms with Crippen molar-refractivity contribution in [1.29, 1.82) is 0 Å². The molecule has 198 valence electrons. The van der Waals surface area contributed by atoms with Crippen molar-refractivity contribution in [3.63, 3.8) is 0 Å². The van der Waals surface area contributed by atoms with Crippen molar-refractivity contribution in [2.24, 2.45) is 11.0 Å². The van der Waals surface area contributed by atoms with Crippen LogP contribution < -0.4 is 10.6 Å². The van der Waals surface area contributed by atoms with Crippen LogP contribution in [0.15, 0.2) is 104 Å². The Morgan fingerprint density at radius 2 is 1.73 bits per heavy atom. The number of hydrogen-bond donors (Lipinski definition) is 0. The van der Waals surface area contributed by atoms with Crippen LogP contribution in [0.25, 0.3) is 28.3 Å². The molecular weight excluding hydrogens is 528 g/mol. The monoisotopic (exact) mass is 551 g/mol. The Hall–Kier alpha value is -4.43. The Morgan fingerprint density at radius 1 is 0.975 bits per heavy atom. The summed E-state index contributed by atoms with van der Waals surface area (Å²) in [5.74, 6) is -0.497. The maximum Gasteiger partial charge on any atom is 0.345 e. The predicted molar refractivity (Wildman–Crippen MR) is 154 cm³/mol. The molecule has 1 aliphatic carbocycles. The van der Waals surface area contributed by atoms with E-state index in [4.69, 9.17) is 14.5 Å². The summed E-state index contributed by atoms with van der Waals surface area (Å²) >= 11 is 1.40. The van der Waals surface area contributed by atoms with Crippen LogP contribution in [0.3, 0.4) is 0 Å². The number of aromatic nitrogens is 1. The van der Waals surface area contributed by atoms with E-state index >= 15 is 0 Å². The fourth-order valence-electron chi connectivity index (χ4n) is 5.65. The quantitative estimate of drug-likeness (QED) is 0.212. The Kier molecular flexibility index (Phi) is 6.12. The second-order valence-corrected chi connectivity index (χ2v) is 10.9. The van der Waals surface area contributed by atoms with Gasteiger partial charge in [-0.1, -0.05) is 42.5 Å². The molecule has 0 spiro atoms. The number of thiazole rings is 1. The van der Waals surface area contributed by atoms with Crippen LogP contribution in [0.5, 0.6) is 0 Å². The minimum Gasteiger partial charge on any atom is -0.422 e. The third-order valence-corrected chi connectivity index (χ3v) is 8.36. The highest BCUT2D eigenvalue weighted by atomic mass is 32.1. The first-order valence-electron chi connectivity index (χ1n) is 13.1. The van der Waals surface area contributed by atoms with Crippen molar-refractivity contribution in [3.05, 3.63) is 123 Å². The zero-order valence-electron chi connectivity index (χ0n) is 21.3. The van der Waals surface area contributed by atoms with Gasteiger partial charge in [0.15, 0.2) is 0 Å². The highest BCUT2D eigenvalue weighted by molar-refractivity contribution is 7.14. The summed E-state index contributed by atoms with van der Waals surface area (Å²) < 4.78 is 32.9. The van der Waals surface area contributed by atoms with Crippen LogP contribution in [0.2, 0.25) is 0 Å². The molecule has 0 N–H and O–H groups in total. The van der Waals surface area contributed by atoms with Crippen molar-refractivity contribution in [2.75, 3.05) is 5.01 Å². The van der Waals surface area contributed by atoms with E-state index < -0.39 is 5.63 Å². The molecule has 0 bridgehead atoms. The summed E-state index contributed by atoms with van der Waals surface area (Å²) in [5, 5.41) is 10.3. The molecule has 40 heavy (non-hydrogen) atoms. The van der Waals surface area contributed by atoms with Crippen LogP contribution in [0.1, 0.15) is 36.4 Å². The Bertz CT molecular complexity index is 1840. The van der Waals surface area contributed by atoms with E-state index in [-0.39, 0.29) is 23.6 Å². The third kappa shape index (κ3) is 4.44. The van der Waals surface area contributed by atoms with E-state index in [1.807, 2.05) is 28.6 Å². The zero-order chi connectivity index (χ0) is 27.2. The lowest BCUT2D eigenvalue weighted by Crippen LogP contribution is -2.28. The molecule has 3 heterocycles. The van der Waals surface area contributed by atoms with Gasteiger partial charge in [0.1, 0.15) is 17.2 Å². The van der Waals surface area contributed by atoms with Gasteiger partial charge in [-0.3, -0.25) is 0 Å². The molecule has 1 fully saturated rings. The van der Waals surface area contributed by atoms with Crippen molar-refractivity contribution in [2.45, 2.75) is 25.3 Å². The van der Waals surface area contributed by atoms with Crippen molar-refractivity contribution in [3.8, 4) is 11.3 Å². The van der Waals surface area contributed by atoms with Gasteiger partial charge in [-0.15, -0.1) is 11.3 Å². The normalized spacial score (nSPS) is 19.7. The minimum atomic E-state index is -0.448. The first-order valence-corrected chi connectivity index (χ1v) is 14.0. The average Bonchev–Trinajstić information content (AvgIpc) is 3.60. The molecule has 5 aromatic rings. The van der Waals surface area contributed by atoms with Gasteiger partial charge in [0.05, 0.1) is 23.0 Å². The van der Waals surface area contributed by atoms with Crippen molar-refractivity contribution in [1.82, 2.24) is 4.98 Å². The first kappa shape index (κ1) is 24.6. The largest absolute Gasteiger partial charge is 0.422 e. The summed E-state index contributed by atoms with van der Waals surface area (Å²) in [5.41, 5.74) is 4.91. The van der Waals surface area contributed by atoms with Crippen molar-refractivity contribution >= 4 is 39.2 Å². The molecule has 2 aliphatic rings. The number of para-hydroxylation sites is 1. The molecule has 3 aromatic carbocycles. The van der Waals surface area contributed by atoms with E-state index in [2.05, 4.69) is 6.08 Å². The SMILES string of the molecule is O=c1oc2ccccc2cc1-c1csc(N2N=C3/C(=C\c4ccc(F)cc4)CCC[C@@H]3[C@H]2c2ccc(F)cc2)n1. The number of nitrogens with zero attached hydrogens (tertiary/aromatic N) is 3. The third-order valence-electron chi connectivity index (χ3n) is 7.53. The molecule has 2 aromatic heterocycles. The van der Waals surface area contributed by atoms with Crippen molar-refractivity contribution < 1.29 is 13.2 Å².